The highest BCUT2D eigenvalue weighted by Crippen LogP contribution is 2.25. The number of aromatic nitrogens is 1. The first-order chi connectivity index (χ1) is 8.99. The predicted octanol–water partition coefficient (Wildman–Crippen LogP) is 3.03. The molecule has 2 aromatic heterocycles. The zero-order chi connectivity index (χ0) is 14.0. The maximum Gasteiger partial charge on any atom is 0.139 e. The molecule has 0 aliphatic rings. The molecular formula is C13H15ClN4S. The Labute approximate surface area is 121 Å². The zero-order valence-corrected chi connectivity index (χ0v) is 12.3. The molecule has 4 nitrogen and oxygen atoms in total. The maximum atomic E-state index is 7.69. The fraction of sp³-hybridized carbons (Fsp3) is 0.231. The van der Waals surface area contributed by atoms with E-state index in [1.165, 1.54) is 0 Å². The summed E-state index contributed by atoms with van der Waals surface area (Å²) >= 11 is 7.47. The summed E-state index contributed by atoms with van der Waals surface area (Å²) in [5, 5.41) is 7.69. The molecule has 0 fully saturated rings. The van der Waals surface area contributed by atoms with Gasteiger partial charge in [0.1, 0.15) is 11.7 Å². The number of nitrogens with zero attached hydrogens (tertiary/aromatic N) is 2. The monoisotopic (exact) mass is 294 g/mol. The van der Waals surface area contributed by atoms with E-state index < -0.39 is 0 Å². The van der Waals surface area contributed by atoms with Gasteiger partial charge in [-0.25, -0.2) is 4.98 Å². The number of nitrogens with two attached hydrogens (primary N) is 1. The molecule has 0 spiro atoms. The largest absolute Gasteiger partial charge is 0.384 e. The summed E-state index contributed by atoms with van der Waals surface area (Å²) in [6.07, 6.45) is 1.73. The van der Waals surface area contributed by atoms with E-state index in [1.807, 2.05) is 37.1 Å². The van der Waals surface area contributed by atoms with Crippen LogP contribution in [0.4, 0.5) is 5.82 Å². The highest BCUT2D eigenvalue weighted by molar-refractivity contribution is 7.16. The number of thiophene rings is 1. The number of nitrogens with one attached hydrogen (secondary N) is 1. The van der Waals surface area contributed by atoms with Crippen LogP contribution in [-0.2, 0) is 6.54 Å². The summed E-state index contributed by atoms with van der Waals surface area (Å²) in [4.78, 5) is 7.46. The van der Waals surface area contributed by atoms with E-state index in [0.29, 0.717) is 12.1 Å². The summed E-state index contributed by atoms with van der Waals surface area (Å²) in [6, 6.07) is 5.73. The average molecular weight is 295 g/mol. The summed E-state index contributed by atoms with van der Waals surface area (Å²) in [6.45, 7) is 2.62. The molecule has 2 heterocycles. The van der Waals surface area contributed by atoms with Gasteiger partial charge in [-0.1, -0.05) is 11.6 Å². The van der Waals surface area contributed by atoms with Gasteiger partial charge in [0.05, 0.1) is 16.4 Å². The minimum atomic E-state index is 0.0386. The van der Waals surface area contributed by atoms with Gasteiger partial charge in [0, 0.05) is 18.1 Å². The Morgan fingerprint density at radius 3 is 2.79 bits per heavy atom. The molecule has 0 aliphatic carbocycles. The molecular weight excluding hydrogens is 280 g/mol. The van der Waals surface area contributed by atoms with Crippen molar-refractivity contribution in [2.24, 2.45) is 5.73 Å². The van der Waals surface area contributed by atoms with Gasteiger partial charge >= 0.3 is 0 Å². The van der Waals surface area contributed by atoms with Crippen LogP contribution in [0.1, 0.15) is 16.0 Å². The van der Waals surface area contributed by atoms with E-state index in [-0.39, 0.29) is 5.84 Å². The molecule has 0 amide bonds. The number of nitrogen functional groups attached to an aromatic ring is 1. The Balaban J connectivity index is 2.31. The highest BCUT2D eigenvalue weighted by Gasteiger charge is 2.14. The van der Waals surface area contributed by atoms with Gasteiger partial charge in [0.25, 0.3) is 0 Å². The van der Waals surface area contributed by atoms with Gasteiger partial charge in [0.2, 0.25) is 0 Å². The van der Waals surface area contributed by atoms with E-state index in [2.05, 4.69) is 4.98 Å². The molecule has 2 aromatic rings. The van der Waals surface area contributed by atoms with Gasteiger partial charge in [0.15, 0.2) is 0 Å². The van der Waals surface area contributed by atoms with Crippen molar-refractivity contribution in [1.82, 2.24) is 4.98 Å². The number of halogens is 1. The number of rotatable bonds is 4. The number of aryl methyl sites for hydroxylation is 1. The first kappa shape index (κ1) is 13.8. The SMILES string of the molecule is Cc1ccnc(N(C)Cc2ccc(Cl)s2)c1C(=N)N. The van der Waals surface area contributed by atoms with Crippen molar-refractivity contribution in [3.63, 3.8) is 0 Å². The molecule has 19 heavy (non-hydrogen) atoms. The van der Waals surface area contributed by atoms with Crippen molar-refractivity contribution < 1.29 is 0 Å². The Morgan fingerprint density at radius 1 is 1.47 bits per heavy atom. The maximum absolute atomic E-state index is 7.69. The lowest BCUT2D eigenvalue weighted by Crippen LogP contribution is -2.23. The van der Waals surface area contributed by atoms with Crippen LogP contribution in [0.15, 0.2) is 24.4 Å². The van der Waals surface area contributed by atoms with Crippen molar-refractivity contribution in [2.45, 2.75) is 13.5 Å². The van der Waals surface area contributed by atoms with Crippen LogP contribution in [-0.4, -0.2) is 17.9 Å². The van der Waals surface area contributed by atoms with E-state index in [4.69, 9.17) is 22.7 Å². The standard InChI is InChI=1S/C13H15ClN4S/c1-8-5-6-17-13(11(8)12(15)16)18(2)7-9-3-4-10(14)19-9/h3-6H,7H2,1-2H3,(H3,15,16). The summed E-state index contributed by atoms with van der Waals surface area (Å²) in [7, 11) is 1.93. The van der Waals surface area contributed by atoms with E-state index in [1.54, 1.807) is 17.5 Å². The third kappa shape index (κ3) is 3.05. The lowest BCUT2D eigenvalue weighted by atomic mass is 10.1. The van der Waals surface area contributed by atoms with Crippen molar-refractivity contribution in [3.8, 4) is 0 Å². The Morgan fingerprint density at radius 2 is 2.21 bits per heavy atom. The average Bonchev–Trinajstić information content (AvgIpc) is 2.73. The molecule has 100 valence electrons. The second-order valence-electron chi connectivity index (χ2n) is 4.30. The molecule has 0 unspecified atom stereocenters. The van der Waals surface area contributed by atoms with Crippen LogP contribution in [0.2, 0.25) is 4.34 Å². The Bertz CT molecular complexity index is 608. The second kappa shape index (κ2) is 5.59. The fourth-order valence-electron chi connectivity index (χ4n) is 1.91. The topological polar surface area (TPSA) is 66.0 Å². The van der Waals surface area contributed by atoms with Crippen molar-refractivity contribution in [2.75, 3.05) is 11.9 Å². The van der Waals surface area contributed by atoms with Gasteiger partial charge in [-0.2, -0.15) is 0 Å². The van der Waals surface area contributed by atoms with Crippen LogP contribution < -0.4 is 10.6 Å². The molecule has 0 atom stereocenters. The van der Waals surface area contributed by atoms with E-state index in [9.17, 15) is 0 Å². The van der Waals surface area contributed by atoms with Gasteiger partial charge < -0.3 is 10.6 Å². The summed E-state index contributed by atoms with van der Waals surface area (Å²) < 4.78 is 0.771. The lowest BCUT2D eigenvalue weighted by molar-refractivity contribution is 0.907. The van der Waals surface area contributed by atoms with Crippen LogP contribution in [0, 0.1) is 12.3 Å². The number of hydrogen-bond acceptors (Lipinski definition) is 4. The zero-order valence-electron chi connectivity index (χ0n) is 10.8. The Hall–Kier alpha value is -1.59. The third-order valence-electron chi connectivity index (χ3n) is 2.79. The predicted molar refractivity (Wildman–Crippen MR) is 81.4 cm³/mol. The van der Waals surface area contributed by atoms with Crippen LogP contribution in [0.3, 0.4) is 0 Å². The van der Waals surface area contributed by atoms with Crippen molar-refractivity contribution in [3.05, 3.63) is 44.7 Å². The molecule has 0 bridgehead atoms. The van der Waals surface area contributed by atoms with Gasteiger partial charge in [-0.3, -0.25) is 5.41 Å². The smallest absolute Gasteiger partial charge is 0.139 e. The number of pyridine rings is 1. The Kier molecular flexibility index (Phi) is 4.07. The molecule has 0 aromatic carbocycles. The first-order valence-electron chi connectivity index (χ1n) is 5.74. The fourth-order valence-corrected chi connectivity index (χ4v) is 3.05. The summed E-state index contributed by atoms with van der Waals surface area (Å²) in [5.41, 5.74) is 7.29. The molecule has 0 aliphatic heterocycles. The first-order valence-corrected chi connectivity index (χ1v) is 6.94. The molecule has 0 saturated heterocycles. The van der Waals surface area contributed by atoms with Crippen molar-refractivity contribution >= 4 is 34.6 Å². The molecule has 3 N–H and O–H groups in total. The molecule has 0 radical (unpaired) electrons. The highest BCUT2D eigenvalue weighted by atomic mass is 35.5. The lowest BCUT2D eigenvalue weighted by Gasteiger charge is -2.21. The minimum Gasteiger partial charge on any atom is -0.384 e. The number of amidine groups is 1. The normalized spacial score (nSPS) is 10.5. The third-order valence-corrected chi connectivity index (χ3v) is 4.01. The number of hydrogen-bond donors (Lipinski definition) is 2. The minimum absolute atomic E-state index is 0.0386. The van der Waals surface area contributed by atoms with Crippen LogP contribution in [0.25, 0.3) is 0 Å². The van der Waals surface area contributed by atoms with E-state index in [0.717, 1.165) is 20.6 Å². The quantitative estimate of drug-likeness (QED) is 0.673. The molecule has 0 saturated carbocycles. The van der Waals surface area contributed by atoms with Gasteiger partial charge in [-0.15, -0.1) is 11.3 Å². The van der Waals surface area contributed by atoms with Crippen LogP contribution in [0.5, 0.6) is 0 Å². The van der Waals surface area contributed by atoms with Crippen molar-refractivity contribution in [1.29, 1.82) is 5.41 Å². The second-order valence-corrected chi connectivity index (χ2v) is 6.10. The molecule has 2 rings (SSSR count). The van der Waals surface area contributed by atoms with E-state index >= 15 is 0 Å². The van der Waals surface area contributed by atoms with Crippen LogP contribution >= 0.6 is 22.9 Å². The number of anilines is 1. The van der Waals surface area contributed by atoms with Gasteiger partial charge in [-0.05, 0) is 30.7 Å². The molecule has 6 heteroatoms. The summed E-state index contributed by atoms with van der Waals surface area (Å²) in [5.74, 6) is 0.758.